The first-order chi connectivity index (χ1) is 14.2. The van der Waals surface area contributed by atoms with Gasteiger partial charge in [0.15, 0.2) is 10.2 Å². The maximum Gasteiger partial charge on any atom is 0.316 e. The second kappa shape index (κ2) is 9.17. The van der Waals surface area contributed by atoms with E-state index < -0.39 is 0 Å². The lowest BCUT2D eigenvalue weighted by Crippen LogP contribution is -2.17. The second-order valence-corrected chi connectivity index (χ2v) is 8.53. The van der Waals surface area contributed by atoms with Crippen LogP contribution in [0.1, 0.15) is 23.0 Å². The Hall–Kier alpha value is -2.75. The molecule has 4 rings (SSSR count). The van der Waals surface area contributed by atoms with Gasteiger partial charge in [-0.1, -0.05) is 83.8 Å². The van der Waals surface area contributed by atoms with Crippen LogP contribution in [0.25, 0.3) is 4.96 Å². The number of ether oxygens (including phenoxy) is 1. The van der Waals surface area contributed by atoms with Crippen molar-refractivity contribution in [1.29, 1.82) is 0 Å². The van der Waals surface area contributed by atoms with Gasteiger partial charge in [0, 0.05) is 0 Å². The number of esters is 1. The summed E-state index contributed by atoms with van der Waals surface area (Å²) in [5.74, 6) is 0.506. The summed E-state index contributed by atoms with van der Waals surface area (Å²) in [6, 6.07) is 19.3. The second-order valence-electron chi connectivity index (χ2n) is 6.35. The van der Waals surface area contributed by atoms with Crippen LogP contribution in [0.15, 0.2) is 65.0 Å². The highest BCUT2D eigenvalue weighted by Gasteiger charge is 2.19. The summed E-state index contributed by atoms with van der Waals surface area (Å²) in [6.07, 6.45) is 0.646. The van der Waals surface area contributed by atoms with E-state index in [0.29, 0.717) is 17.2 Å². The largest absolute Gasteiger partial charge is 0.460 e. The van der Waals surface area contributed by atoms with Gasteiger partial charge in [-0.2, -0.15) is 4.52 Å². The third-order valence-electron chi connectivity index (χ3n) is 4.18. The number of fused-ring (bicyclic) bond motifs is 1. The number of nitrogens with zero attached hydrogens (tertiary/aromatic N) is 4. The first-order valence-electron chi connectivity index (χ1n) is 9.03. The van der Waals surface area contributed by atoms with Crippen molar-refractivity contribution < 1.29 is 9.53 Å². The molecule has 1 unspecified atom stereocenters. The van der Waals surface area contributed by atoms with Crippen LogP contribution < -0.4 is 5.73 Å². The van der Waals surface area contributed by atoms with Gasteiger partial charge in [0.05, 0.1) is 11.8 Å². The summed E-state index contributed by atoms with van der Waals surface area (Å²) in [6.45, 7) is 0.268. The number of rotatable bonds is 8. The van der Waals surface area contributed by atoms with Crippen LogP contribution in [0.3, 0.4) is 0 Å². The molecule has 2 N–H and O–H groups in total. The fourth-order valence-electron chi connectivity index (χ4n) is 2.76. The standard InChI is InChI=1S/C20H19N5O2S2/c21-16(11-14-7-3-1-4-8-14)18-22-23-19-25(18)24-20(29-19)28-13-17(26)27-12-15-9-5-2-6-10-15/h1-10,16H,11-13,21H2. The van der Waals surface area contributed by atoms with E-state index in [1.165, 1.54) is 23.1 Å². The number of carbonyl (C=O) groups excluding carboxylic acids is 1. The molecule has 2 aromatic carbocycles. The third-order valence-corrected chi connectivity index (χ3v) is 6.19. The number of nitrogens with two attached hydrogens (primary N) is 1. The van der Waals surface area contributed by atoms with Crippen molar-refractivity contribution in [3.8, 4) is 0 Å². The number of aromatic nitrogens is 4. The highest BCUT2D eigenvalue weighted by molar-refractivity contribution is 8.01. The Morgan fingerprint density at radius 2 is 1.76 bits per heavy atom. The number of hydrogen-bond acceptors (Lipinski definition) is 8. The van der Waals surface area contributed by atoms with E-state index in [2.05, 4.69) is 15.3 Å². The van der Waals surface area contributed by atoms with Crippen molar-refractivity contribution in [3.63, 3.8) is 0 Å². The molecule has 2 heterocycles. The lowest BCUT2D eigenvalue weighted by molar-refractivity contribution is -0.141. The Kier molecular flexibility index (Phi) is 6.18. The molecule has 0 radical (unpaired) electrons. The van der Waals surface area contributed by atoms with Gasteiger partial charge >= 0.3 is 5.97 Å². The molecule has 0 spiro atoms. The van der Waals surface area contributed by atoms with E-state index in [9.17, 15) is 4.79 Å². The van der Waals surface area contributed by atoms with Crippen LogP contribution >= 0.6 is 23.1 Å². The molecule has 0 aliphatic rings. The maximum atomic E-state index is 12.0. The van der Waals surface area contributed by atoms with Crippen molar-refractivity contribution in [1.82, 2.24) is 19.8 Å². The van der Waals surface area contributed by atoms with Gasteiger partial charge in [-0.05, 0) is 17.5 Å². The lowest BCUT2D eigenvalue weighted by Gasteiger charge is -2.08. The van der Waals surface area contributed by atoms with E-state index >= 15 is 0 Å². The predicted molar refractivity (Wildman–Crippen MR) is 113 cm³/mol. The van der Waals surface area contributed by atoms with Gasteiger partial charge in [-0.15, -0.1) is 15.3 Å². The molecule has 2 aromatic heterocycles. The molecule has 0 saturated heterocycles. The number of benzene rings is 2. The number of carbonyl (C=O) groups is 1. The van der Waals surface area contributed by atoms with Gasteiger partial charge in [0.1, 0.15) is 6.61 Å². The van der Waals surface area contributed by atoms with Crippen LogP contribution in [0.5, 0.6) is 0 Å². The lowest BCUT2D eigenvalue weighted by atomic mass is 10.1. The van der Waals surface area contributed by atoms with Gasteiger partial charge in [0.2, 0.25) is 4.96 Å². The molecular formula is C20H19N5O2S2. The molecule has 0 amide bonds. The van der Waals surface area contributed by atoms with Crippen LogP contribution in [-0.4, -0.2) is 31.5 Å². The molecule has 1 atom stereocenters. The van der Waals surface area contributed by atoms with Crippen molar-refractivity contribution >= 4 is 34.0 Å². The number of hydrogen-bond donors (Lipinski definition) is 1. The van der Waals surface area contributed by atoms with Gasteiger partial charge in [-0.25, -0.2) is 0 Å². The topological polar surface area (TPSA) is 95.4 Å². The molecule has 0 aliphatic heterocycles. The van der Waals surface area contributed by atoms with Gasteiger partial charge in [0.25, 0.3) is 0 Å². The average Bonchev–Trinajstić information content (AvgIpc) is 3.32. The normalized spacial score (nSPS) is 12.2. The molecule has 29 heavy (non-hydrogen) atoms. The Morgan fingerprint density at radius 3 is 2.48 bits per heavy atom. The Bertz CT molecular complexity index is 1080. The minimum absolute atomic E-state index is 0.183. The van der Waals surface area contributed by atoms with E-state index in [4.69, 9.17) is 10.5 Å². The molecule has 9 heteroatoms. The highest BCUT2D eigenvalue weighted by atomic mass is 32.2. The number of thioether (sulfide) groups is 1. The average molecular weight is 426 g/mol. The zero-order valence-corrected chi connectivity index (χ0v) is 17.1. The van der Waals surface area contributed by atoms with Crippen LogP contribution in [-0.2, 0) is 22.6 Å². The van der Waals surface area contributed by atoms with Crippen molar-refractivity contribution in [2.45, 2.75) is 23.4 Å². The Morgan fingerprint density at radius 1 is 1.07 bits per heavy atom. The van der Waals surface area contributed by atoms with Crippen LogP contribution in [0.2, 0.25) is 0 Å². The zero-order chi connectivity index (χ0) is 20.1. The predicted octanol–water partition coefficient (Wildman–Crippen LogP) is 3.26. The fraction of sp³-hybridized carbons (Fsp3) is 0.200. The summed E-state index contributed by atoms with van der Waals surface area (Å²) < 4.78 is 7.68. The van der Waals surface area contributed by atoms with E-state index in [-0.39, 0.29) is 24.4 Å². The van der Waals surface area contributed by atoms with Crippen molar-refractivity contribution in [3.05, 3.63) is 77.6 Å². The molecule has 7 nitrogen and oxygen atoms in total. The Balaban J connectivity index is 1.35. The molecular weight excluding hydrogens is 406 g/mol. The molecule has 0 bridgehead atoms. The SMILES string of the molecule is NC(Cc1ccccc1)c1nnc2sc(SCC(=O)OCc3ccccc3)nn12. The first-order valence-corrected chi connectivity index (χ1v) is 10.8. The van der Waals surface area contributed by atoms with Crippen LogP contribution in [0, 0.1) is 0 Å². The summed E-state index contributed by atoms with van der Waals surface area (Å²) >= 11 is 2.70. The van der Waals surface area contributed by atoms with Crippen molar-refractivity contribution in [2.75, 3.05) is 5.75 Å². The third kappa shape index (κ3) is 5.00. The zero-order valence-electron chi connectivity index (χ0n) is 15.5. The molecule has 4 aromatic rings. The Labute approximate surface area is 175 Å². The minimum atomic E-state index is -0.316. The summed E-state index contributed by atoms with van der Waals surface area (Å²) in [7, 11) is 0. The summed E-state index contributed by atoms with van der Waals surface area (Å²) in [5, 5.41) is 12.9. The quantitative estimate of drug-likeness (QED) is 0.342. The molecule has 148 valence electrons. The molecule has 0 fully saturated rings. The van der Waals surface area contributed by atoms with E-state index in [1.54, 1.807) is 4.52 Å². The van der Waals surface area contributed by atoms with Crippen LogP contribution in [0.4, 0.5) is 0 Å². The fourth-order valence-corrected chi connectivity index (χ4v) is 4.45. The van der Waals surface area contributed by atoms with E-state index in [1.807, 2.05) is 60.7 Å². The van der Waals surface area contributed by atoms with Gasteiger partial charge < -0.3 is 10.5 Å². The maximum absolute atomic E-state index is 12.0. The summed E-state index contributed by atoms with van der Waals surface area (Å²) in [4.78, 5) is 12.7. The van der Waals surface area contributed by atoms with Gasteiger partial charge in [-0.3, -0.25) is 4.79 Å². The first kappa shape index (κ1) is 19.6. The molecule has 0 saturated carbocycles. The van der Waals surface area contributed by atoms with E-state index in [0.717, 1.165) is 15.5 Å². The monoisotopic (exact) mass is 425 g/mol. The highest BCUT2D eigenvalue weighted by Crippen LogP contribution is 2.26. The minimum Gasteiger partial charge on any atom is -0.460 e. The smallest absolute Gasteiger partial charge is 0.316 e. The van der Waals surface area contributed by atoms with Crippen molar-refractivity contribution in [2.24, 2.45) is 5.73 Å². The summed E-state index contributed by atoms with van der Waals surface area (Å²) in [5.41, 5.74) is 8.41. The molecule has 0 aliphatic carbocycles.